The Kier molecular flexibility index (Phi) is 18.0. The van der Waals surface area contributed by atoms with Crippen molar-refractivity contribution in [2.24, 2.45) is 0 Å². The van der Waals surface area contributed by atoms with E-state index in [1.165, 1.54) is 12.8 Å². The lowest BCUT2D eigenvalue weighted by Crippen LogP contribution is -2.30. The molecule has 2 atom stereocenters. The van der Waals surface area contributed by atoms with Crippen LogP contribution in [-0.2, 0) is 28.5 Å². The Bertz CT molecular complexity index is 1380. The normalized spacial score (nSPS) is 12.6. The number of benzene rings is 3. The van der Waals surface area contributed by atoms with Crippen LogP contribution in [0.1, 0.15) is 90.9 Å². The van der Waals surface area contributed by atoms with Gasteiger partial charge in [-0.2, -0.15) is 0 Å². The quantitative estimate of drug-likeness (QED) is 0.0515. The number of unbranched alkanes of at least 4 members (excludes halogenated alkanes) is 8. The predicted octanol–water partition coefficient (Wildman–Crippen LogP) is 9.35. The van der Waals surface area contributed by atoms with Crippen LogP contribution in [0.15, 0.2) is 46.9 Å². The number of halogens is 1. The lowest BCUT2D eigenvalue weighted by Gasteiger charge is -2.22. The molecule has 3 aromatic carbocycles. The number of carbonyl (C=O) groups is 2. The Hall–Kier alpha value is -2.88. The van der Waals surface area contributed by atoms with E-state index in [4.69, 9.17) is 28.4 Å². The van der Waals surface area contributed by atoms with E-state index >= 15 is 0 Å². The third kappa shape index (κ3) is 12.9. The summed E-state index contributed by atoms with van der Waals surface area (Å²) in [5, 5.41) is 3.37. The fourth-order valence-corrected chi connectivity index (χ4v) is 5.94. The lowest BCUT2D eigenvalue weighted by atomic mass is 10.0. The van der Waals surface area contributed by atoms with E-state index in [0.717, 1.165) is 77.4 Å². The van der Waals surface area contributed by atoms with Crippen molar-refractivity contribution in [3.8, 4) is 11.5 Å². The fourth-order valence-electron chi connectivity index (χ4n) is 5.57. The molecule has 0 saturated carbocycles. The van der Waals surface area contributed by atoms with Gasteiger partial charge in [-0.15, -0.1) is 0 Å². The van der Waals surface area contributed by atoms with Crippen LogP contribution in [0.4, 0.5) is 0 Å². The Morgan fingerprint density at radius 2 is 1.04 bits per heavy atom. The fraction of sp³-hybridized carbons (Fsp3) is 0.579. The molecule has 47 heavy (non-hydrogen) atoms. The van der Waals surface area contributed by atoms with Crippen molar-refractivity contribution in [1.82, 2.24) is 0 Å². The first-order chi connectivity index (χ1) is 22.9. The number of methoxy groups -OCH3 is 2. The molecule has 0 aliphatic carbocycles. The van der Waals surface area contributed by atoms with E-state index in [2.05, 4.69) is 29.8 Å². The van der Waals surface area contributed by atoms with Gasteiger partial charge in [-0.05, 0) is 31.0 Å². The molecule has 0 amide bonds. The van der Waals surface area contributed by atoms with Gasteiger partial charge in [0.25, 0.3) is 0 Å². The molecule has 0 bridgehead atoms. The van der Waals surface area contributed by atoms with Gasteiger partial charge in [0.15, 0.2) is 12.2 Å². The summed E-state index contributed by atoms with van der Waals surface area (Å²) < 4.78 is 36.1. The first-order valence-corrected chi connectivity index (χ1v) is 18.0. The molecule has 0 radical (unpaired) electrons. The molecule has 3 aromatic rings. The summed E-state index contributed by atoms with van der Waals surface area (Å²) in [5.41, 5.74) is 0. The summed E-state index contributed by atoms with van der Waals surface area (Å²) in [7, 11) is 3.17. The second-order valence-corrected chi connectivity index (χ2v) is 12.9. The van der Waals surface area contributed by atoms with Crippen molar-refractivity contribution in [2.45, 2.75) is 103 Å². The zero-order chi connectivity index (χ0) is 33.9. The molecule has 3 rings (SSSR count). The van der Waals surface area contributed by atoms with E-state index in [9.17, 15) is 9.59 Å². The Balaban J connectivity index is 1.80. The third-order valence-electron chi connectivity index (χ3n) is 7.98. The van der Waals surface area contributed by atoms with Crippen LogP contribution in [0.5, 0.6) is 11.5 Å². The van der Waals surface area contributed by atoms with E-state index in [-0.39, 0.29) is 38.4 Å². The van der Waals surface area contributed by atoms with E-state index in [1.807, 2.05) is 42.5 Å². The molecule has 0 spiro atoms. The molecule has 8 nitrogen and oxygen atoms in total. The SMILES string of the molecule is CCCCCCCC(=O)OC(COC)COc1c2ccccc2c(OCC(COC)OC(=O)CCCCCCC)c2cc(Br)ccc12. The van der Waals surface area contributed by atoms with Gasteiger partial charge < -0.3 is 28.4 Å². The highest BCUT2D eigenvalue weighted by Gasteiger charge is 2.22. The summed E-state index contributed by atoms with van der Waals surface area (Å²) >= 11 is 3.62. The highest BCUT2D eigenvalue weighted by Crippen LogP contribution is 2.44. The zero-order valence-electron chi connectivity index (χ0n) is 28.7. The molecule has 0 fully saturated rings. The van der Waals surface area contributed by atoms with Gasteiger partial charge in [0.05, 0.1) is 13.2 Å². The first kappa shape index (κ1) is 38.6. The van der Waals surface area contributed by atoms with Crippen molar-refractivity contribution in [3.05, 3.63) is 46.9 Å². The molecule has 9 heteroatoms. The summed E-state index contributed by atoms with van der Waals surface area (Å²) in [6.45, 7) is 5.05. The molecule has 0 saturated heterocycles. The summed E-state index contributed by atoms with van der Waals surface area (Å²) in [6, 6.07) is 13.8. The number of ether oxygens (including phenoxy) is 6. The van der Waals surface area contributed by atoms with E-state index < -0.39 is 12.2 Å². The van der Waals surface area contributed by atoms with Gasteiger partial charge in [0.1, 0.15) is 24.7 Å². The van der Waals surface area contributed by atoms with Crippen LogP contribution < -0.4 is 9.47 Å². The van der Waals surface area contributed by atoms with Crippen molar-refractivity contribution < 1.29 is 38.0 Å². The molecular formula is C38H53BrO8. The van der Waals surface area contributed by atoms with Crippen LogP contribution in [0.2, 0.25) is 0 Å². The molecule has 0 aliphatic rings. The number of esters is 2. The monoisotopic (exact) mass is 716 g/mol. The summed E-state index contributed by atoms with van der Waals surface area (Å²) in [6.07, 6.45) is 10.2. The van der Waals surface area contributed by atoms with Gasteiger partial charge in [-0.3, -0.25) is 9.59 Å². The van der Waals surface area contributed by atoms with Gasteiger partial charge in [-0.25, -0.2) is 0 Å². The van der Waals surface area contributed by atoms with Crippen molar-refractivity contribution >= 4 is 49.4 Å². The van der Waals surface area contributed by atoms with E-state index in [1.54, 1.807) is 14.2 Å². The minimum Gasteiger partial charge on any atom is -0.488 e. The maximum atomic E-state index is 12.6. The molecule has 260 valence electrons. The Morgan fingerprint density at radius 1 is 0.596 bits per heavy atom. The third-order valence-corrected chi connectivity index (χ3v) is 8.48. The van der Waals surface area contributed by atoms with Crippen molar-refractivity contribution in [3.63, 3.8) is 0 Å². The highest BCUT2D eigenvalue weighted by atomic mass is 79.9. The topological polar surface area (TPSA) is 89.5 Å². The minimum atomic E-state index is -0.559. The number of carbonyl (C=O) groups excluding carboxylic acids is 2. The van der Waals surface area contributed by atoms with Crippen molar-refractivity contribution in [2.75, 3.05) is 40.6 Å². The maximum Gasteiger partial charge on any atom is 0.306 e. The van der Waals surface area contributed by atoms with Gasteiger partial charge >= 0.3 is 11.9 Å². The van der Waals surface area contributed by atoms with Crippen LogP contribution >= 0.6 is 15.9 Å². The molecule has 0 N–H and O–H groups in total. The minimum absolute atomic E-state index is 0.130. The van der Waals surface area contributed by atoms with Crippen LogP contribution in [0.25, 0.3) is 21.5 Å². The number of rotatable bonds is 24. The average Bonchev–Trinajstić information content (AvgIpc) is 3.06. The molecule has 2 unspecified atom stereocenters. The van der Waals surface area contributed by atoms with Gasteiger partial charge in [-0.1, -0.05) is 105 Å². The maximum absolute atomic E-state index is 12.6. The second kappa shape index (κ2) is 21.9. The average molecular weight is 718 g/mol. The summed E-state index contributed by atoms with van der Waals surface area (Å²) in [5.74, 6) is 0.840. The number of fused-ring (bicyclic) bond motifs is 2. The Labute approximate surface area is 288 Å². The highest BCUT2D eigenvalue weighted by molar-refractivity contribution is 9.10. The van der Waals surface area contributed by atoms with Crippen molar-refractivity contribution in [1.29, 1.82) is 0 Å². The van der Waals surface area contributed by atoms with Crippen LogP contribution in [-0.4, -0.2) is 64.8 Å². The molecule has 0 aliphatic heterocycles. The van der Waals surface area contributed by atoms with Gasteiger partial charge in [0.2, 0.25) is 0 Å². The van der Waals surface area contributed by atoms with E-state index in [0.29, 0.717) is 24.3 Å². The molecule has 0 heterocycles. The first-order valence-electron chi connectivity index (χ1n) is 17.2. The summed E-state index contributed by atoms with van der Waals surface area (Å²) in [4.78, 5) is 25.2. The number of hydrogen-bond acceptors (Lipinski definition) is 8. The van der Waals surface area contributed by atoms with Crippen LogP contribution in [0, 0.1) is 0 Å². The predicted molar refractivity (Wildman–Crippen MR) is 190 cm³/mol. The second-order valence-electron chi connectivity index (χ2n) is 12.0. The molecule has 0 aromatic heterocycles. The largest absolute Gasteiger partial charge is 0.488 e. The molecular weight excluding hydrogens is 664 g/mol. The van der Waals surface area contributed by atoms with Gasteiger partial charge in [0, 0.05) is 53.1 Å². The lowest BCUT2D eigenvalue weighted by molar-refractivity contribution is -0.154. The van der Waals surface area contributed by atoms with Crippen LogP contribution in [0.3, 0.4) is 0 Å². The smallest absolute Gasteiger partial charge is 0.306 e. The number of hydrogen-bond donors (Lipinski definition) is 0. The standard InChI is InChI=1S/C38H53BrO8/c1-5-7-9-11-13-19-35(40)46-29(24-42-3)26-44-37-31-17-15-16-18-32(31)38(34-23-28(39)21-22-33(34)37)45-27-30(25-43-4)47-36(41)20-14-12-10-8-6-2/h15-18,21-23,29-30H,5-14,19-20,24-27H2,1-4H3. The Morgan fingerprint density at radius 3 is 1.51 bits per heavy atom. The zero-order valence-corrected chi connectivity index (χ0v) is 30.2.